The van der Waals surface area contributed by atoms with Gasteiger partial charge in [0, 0.05) is 12.4 Å². The molecule has 4 heteroatoms. The number of carbonyl (C=O) groups is 1. The van der Waals surface area contributed by atoms with Crippen molar-refractivity contribution in [2.24, 2.45) is 5.92 Å². The van der Waals surface area contributed by atoms with E-state index in [2.05, 4.69) is 18.0 Å². The molecule has 116 valence electrons. The number of aromatic carboxylic acids is 1. The van der Waals surface area contributed by atoms with Crippen molar-refractivity contribution in [3.05, 3.63) is 65.0 Å². The first-order valence-electron chi connectivity index (χ1n) is 7.40. The van der Waals surface area contributed by atoms with Gasteiger partial charge in [0.2, 0.25) is 0 Å². The van der Waals surface area contributed by atoms with Crippen molar-refractivity contribution in [1.29, 1.82) is 0 Å². The van der Waals surface area contributed by atoms with Crippen LogP contribution in [0.4, 0.5) is 0 Å². The molecule has 0 saturated carbocycles. The predicted molar refractivity (Wildman–Crippen MR) is 88.8 cm³/mol. The minimum atomic E-state index is -0.848. The summed E-state index contributed by atoms with van der Waals surface area (Å²) in [6.07, 6.45) is 6.91. The molecule has 0 spiro atoms. The first-order chi connectivity index (χ1) is 10.1. The number of fused-ring (bicyclic) bond motifs is 1. The molecular weight excluding hydrogens is 298 g/mol. The quantitative estimate of drug-likeness (QED) is 0.926. The van der Waals surface area contributed by atoms with Crippen LogP contribution in [0.1, 0.15) is 46.3 Å². The number of hydrogen-bond acceptors (Lipinski definition) is 2. The molecule has 2 aromatic rings. The Labute approximate surface area is 136 Å². The van der Waals surface area contributed by atoms with E-state index in [0.717, 1.165) is 19.3 Å². The molecule has 1 heterocycles. The molecule has 1 aliphatic carbocycles. The zero-order valence-electron chi connectivity index (χ0n) is 12.5. The summed E-state index contributed by atoms with van der Waals surface area (Å²) in [6, 6.07) is 9.64. The van der Waals surface area contributed by atoms with Crippen molar-refractivity contribution in [1.82, 2.24) is 4.98 Å². The third-order valence-electron chi connectivity index (χ3n) is 4.60. The van der Waals surface area contributed by atoms with Crippen molar-refractivity contribution in [3.8, 4) is 0 Å². The lowest BCUT2D eigenvalue weighted by atomic mass is 9.73. The Balaban J connectivity index is 0.00000176. The molecule has 2 unspecified atom stereocenters. The van der Waals surface area contributed by atoms with Crippen LogP contribution in [0.2, 0.25) is 0 Å². The van der Waals surface area contributed by atoms with Gasteiger partial charge in [-0.1, -0.05) is 19.1 Å². The molecule has 0 radical (unpaired) electrons. The Morgan fingerprint density at radius 2 is 2.18 bits per heavy atom. The summed E-state index contributed by atoms with van der Waals surface area (Å²) in [5.74, 6) is 0.0818. The van der Waals surface area contributed by atoms with Gasteiger partial charge in [-0.15, -0.1) is 12.4 Å². The highest BCUT2D eigenvalue weighted by Gasteiger charge is 2.27. The predicted octanol–water partition coefficient (Wildman–Crippen LogP) is 4.11. The van der Waals surface area contributed by atoms with Gasteiger partial charge in [-0.2, -0.15) is 0 Å². The fourth-order valence-corrected chi connectivity index (χ4v) is 3.32. The van der Waals surface area contributed by atoms with Gasteiger partial charge in [-0.05, 0) is 66.0 Å². The van der Waals surface area contributed by atoms with Crippen molar-refractivity contribution in [3.63, 3.8) is 0 Å². The number of nitrogens with zero attached hydrogens (tertiary/aromatic N) is 1. The number of aryl methyl sites for hydroxylation is 1. The van der Waals surface area contributed by atoms with E-state index < -0.39 is 5.97 Å². The SMILES string of the molecule is CC1c2cc(C(=O)O)ccc2CCC1Cc1cccnc1.Cl. The van der Waals surface area contributed by atoms with E-state index in [1.54, 1.807) is 12.3 Å². The van der Waals surface area contributed by atoms with Crippen molar-refractivity contribution in [2.75, 3.05) is 0 Å². The maximum Gasteiger partial charge on any atom is 0.335 e. The van der Waals surface area contributed by atoms with Crippen LogP contribution in [0.3, 0.4) is 0 Å². The smallest absolute Gasteiger partial charge is 0.335 e. The van der Waals surface area contributed by atoms with E-state index in [9.17, 15) is 4.79 Å². The lowest BCUT2D eigenvalue weighted by molar-refractivity contribution is 0.0696. The van der Waals surface area contributed by atoms with Crippen molar-refractivity contribution < 1.29 is 9.90 Å². The second-order valence-electron chi connectivity index (χ2n) is 5.87. The molecule has 0 saturated heterocycles. The van der Waals surface area contributed by atoms with E-state index >= 15 is 0 Å². The molecule has 2 atom stereocenters. The van der Waals surface area contributed by atoms with Gasteiger partial charge in [0.25, 0.3) is 0 Å². The minimum Gasteiger partial charge on any atom is -0.478 e. The number of halogens is 1. The first-order valence-corrected chi connectivity index (χ1v) is 7.40. The molecule has 0 amide bonds. The third-order valence-corrected chi connectivity index (χ3v) is 4.60. The Morgan fingerprint density at radius 1 is 1.36 bits per heavy atom. The highest BCUT2D eigenvalue weighted by molar-refractivity contribution is 5.88. The third kappa shape index (κ3) is 3.30. The summed E-state index contributed by atoms with van der Waals surface area (Å²) in [5, 5.41) is 9.17. The van der Waals surface area contributed by atoms with Crippen LogP contribution in [0.5, 0.6) is 0 Å². The molecule has 22 heavy (non-hydrogen) atoms. The van der Waals surface area contributed by atoms with Gasteiger partial charge < -0.3 is 5.11 Å². The molecule has 1 aromatic heterocycles. The van der Waals surface area contributed by atoms with Crippen molar-refractivity contribution in [2.45, 2.75) is 32.1 Å². The molecule has 0 fully saturated rings. The maximum atomic E-state index is 11.2. The summed E-state index contributed by atoms with van der Waals surface area (Å²) in [6.45, 7) is 2.21. The molecule has 1 N–H and O–H groups in total. The van der Waals surface area contributed by atoms with E-state index in [1.165, 1.54) is 16.7 Å². The van der Waals surface area contributed by atoms with Gasteiger partial charge in [-0.25, -0.2) is 4.79 Å². The monoisotopic (exact) mass is 317 g/mol. The van der Waals surface area contributed by atoms with E-state index in [0.29, 0.717) is 17.4 Å². The fourth-order valence-electron chi connectivity index (χ4n) is 3.32. The number of carboxylic acids is 1. The zero-order chi connectivity index (χ0) is 14.8. The van der Waals surface area contributed by atoms with E-state index in [-0.39, 0.29) is 12.4 Å². The number of carboxylic acid groups (broad SMARTS) is 1. The summed E-state index contributed by atoms with van der Waals surface area (Å²) >= 11 is 0. The van der Waals surface area contributed by atoms with Crippen LogP contribution in [0.25, 0.3) is 0 Å². The average Bonchev–Trinajstić information content (AvgIpc) is 2.51. The first kappa shape index (κ1) is 16.5. The van der Waals surface area contributed by atoms with Gasteiger partial charge >= 0.3 is 5.97 Å². The maximum absolute atomic E-state index is 11.2. The Morgan fingerprint density at radius 3 is 2.86 bits per heavy atom. The van der Waals surface area contributed by atoms with Crippen LogP contribution in [-0.4, -0.2) is 16.1 Å². The minimum absolute atomic E-state index is 0. The summed E-state index contributed by atoms with van der Waals surface area (Å²) in [4.78, 5) is 15.3. The average molecular weight is 318 g/mol. The lowest BCUT2D eigenvalue weighted by Crippen LogP contribution is -2.21. The van der Waals surface area contributed by atoms with Crippen LogP contribution in [0, 0.1) is 5.92 Å². The van der Waals surface area contributed by atoms with Crippen LogP contribution >= 0.6 is 12.4 Å². The highest BCUT2D eigenvalue weighted by Crippen LogP contribution is 2.38. The molecule has 3 rings (SSSR count). The summed E-state index contributed by atoms with van der Waals surface area (Å²) in [5.41, 5.74) is 4.15. The number of rotatable bonds is 3. The lowest BCUT2D eigenvalue weighted by Gasteiger charge is -2.31. The van der Waals surface area contributed by atoms with Crippen LogP contribution in [-0.2, 0) is 12.8 Å². The van der Waals surface area contributed by atoms with Gasteiger partial charge in [0.1, 0.15) is 0 Å². The molecule has 1 aliphatic rings. The number of pyridine rings is 1. The highest BCUT2D eigenvalue weighted by atomic mass is 35.5. The number of benzene rings is 1. The van der Waals surface area contributed by atoms with Crippen LogP contribution in [0.15, 0.2) is 42.7 Å². The summed E-state index contributed by atoms with van der Waals surface area (Å²) < 4.78 is 0. The topological polar surface area (TPSA) is 50.2 Å². The largest absolute Gasteiger partial charge is 0.478 e. The number of hydrogen-bond donors (Lipinski definition) is 1. The second-order valence-corrected chi connectivity index (χ2v) is 5.87. The normalized spacial score (nSPS) is 19.9. The Kier molecular flexibility index (Phi) is 5.19. The molecular formula is C18H20ClNO2. The molecule has 0 aliphatic heterocycles. The zero-order valence-corrected chi connectivity index (χ0v) is 13.3. The standard InChI is InChI=1S/C18H19NO2.ClH/c1-12-15(9-13-3-2-8-19-11-13)6-4-14-5-7-16(18(20)21)10-17(12)14;/h2-3,5,7-8,10-12,15H,4,6,9H2,1H3,(H,20,21);1H. The Bertz CT molecular complexity index is 657. The second kappa shape index (κ2) is 6.93. The number of aromatic nitrogens is 1. The molecule has 0 bridgehead atoms. The van der Waals surface area contributed by atoms with Crippen molar-refractivity contribution >= 4 is 18.4 Å². The van der Waals surface area contributed by atoms with Gasteiger partial charge in [0.05, 0.1) is 5.56 Å². The summed E-state index contributed by atoms with van der Waals surface area (Å²) in [7, 11) is 0. The molecule has 3 nitrogen and oxygen atoms in total. The fraction of sp³-hybridized carbons (Fsp3) is 0.333. The van der Waals surface area contributed by atoms with E-state index in [4.69, 9.17) is 5.11 Å². The van der Waals surface area contributed by atoms with Gasteiger partial charge in [-0.3, -0.25) is 4.98 Å². The van der Waals surface area contributed by atoms with E-state index in [1.807, 2.05) is 24.4 Å². The van der Waals surface area contributed by atoms with Crippen LogP contribution < -0.4 is 0 Å². The van der Waals surface area contributed by atoms with Gasteiger partial charge in [0.15, 0.2) is 0 Å². The Hall–Kier alpha value is -1.87. The molecule has 1 aromatic carbocycles.